The zero-order valence-corrected chi connectivity index (χ0v) is 12.4. The van der Waals surface area contributed by atoms with Gasteiger partial charge in [-0.15, -0.1) is 0 Å². The van der Waals surface area contributed by atoms with E-state index >= 15 is 0 Å². The molecule has 3 N–H and O–H groups in total. The molecule has 0 radical (unpaired) electrons. The van der Waals surface area contributed by atoms with Gasteiger partial charge in [0.1, 0.15) is 10.7 Å². The molecule has 0 aliphatic rings. The van der Waals surface area contributed by atoms with Crippen molar-refractivity contribution in [2.45, 2.75) is 0 Å². The Labute approximate surface area is 132 Å². The van der Waals surface area contributed by atoms with Gasteiger partial charge >= 0.3 is 0 Å². The second kappa shape index (κ2) is 7.01. The summed E-state index contributed by atoms with van der Waals surface area (Å²) in [6, 6.07) is 8.54. The normalized spacial score (nSPS) is 9.95. The van der Waals surface area contributed by atoms with E-state index < -0.39 is 0 Å². The van der Waals surface area contributed by atoms with Gasteiger partial charge in [-0.2, -0.15) is 0 Å². The third-order valence-electron chi connectivity index (χ3n) is 2.48. The van der Waals surface area contributed by atoms with Gasteiger partial charge in [-0.1, -0.05) is 36.0 Å². The number of carbonyl (C=O) groups excluding carboxylic acids is 1. The third-order valence-corrected chi connectivity index (χ3v) is 2.92. The number of rotatable bonds is 5. The quantitative estimate of drug-likeness (QED) is 0.827. The molecule has 0 saturated carbocycles. The van der Waals surface area contributed by atoms with Gasteiger partial charge in [-0.05, 0) is 12.1 Å². The molecular formula is C14H12ClN3O2S. The number of carbonyl (C=O) groups is 1. The highest BCUT2D eigenvalue weighted by Gasteiger charge is 2.05. The maximum absolute atomic E-state index is 11.8. The average molecular weight is 322 g/mol. The van der Waals surface area contributed by atoms with E-state index in [2.05, 4.69) is 10.3 Å². The van der Waals surface area contributed by atoms with Crippen LogP contribution in [0.5, 0.6) is 5.75 Å². The minimum absolute atomic E-state index is 0.153. The summed E-state index contributed by atoms with van der Waals surface area (Å²) in [7, 11) is 0. The fourth-order valence-electron chi connectivity index (χ4n) is 1.57. The number of ether oxygens (including phenoxy) is 1. The molecule has 1 aromatic heterocycles. The highest BCUT2D eigenvalue weighted by atomic mass is 35.5. The Kier molecular flexibility index (Phi) is 5.08. The van der Waals surface area contributed by atoms with Gasteiger partial charge in [0.2, 0.25) is 0 Å². The van der Waals surface area contributed by atoms with Crippen molar-refractivity contribution in [3.05, 3.63) is 53.3 Å². The van der Waals surface area contributed by atoms with E-state index in [0.717, 1.165) is 0 Å². The molecule has 21 heavy (non-hydrogen) atoms. The first kappa shape index (κ1) is 15.2. The van der Waals surface area contributed by atoms with Crippen LogP contribution in [0.1, 0.15) is 5.56 Å². The van der Waals surface area contributed by atoms with Gasteiger partial charge in [0.05, 0.1) is 11.2 Å². The molecule has 2 aromatic rings. The Morgan fingerprint density at radius 1 is 1.38 bits per heavy atom. The molecular weight excluding hydrogens is 310 g/mol. The molecule has 0 aliphatic heterocycles. The molecule has 1 aromatic carbocycles. The molecule has 108 valence electrons. The lowest BCUT2D eigenvalue weighted by Gasteiger charge is -2.08. The summed E-state index contributed by atoms with van der Waals surface area (Å²) in [6.07, 6.45) is 2.96. The number of pyridine rings is 1. The van der Waals surface area contributed by atoms with Crippen LogP contribution in [0, 0.1) is 0 Å². The van der Waals surface area contributed by atoms with E-state index in [4.69, 9.17) is 34.3 Å². The van der Waals surface area contributed by atoms with Gasteiger partial charge in [-0.3, -0.25) is 9.78 Å². The van der Waals surface area contributed by atoms with Crippen LogP contribution >= 0.6 is 23.8 Å². The Morgan fingerprint density at radius 2 is 2.19 bits per heavy atom. The number of hydrogen-bond donors (Lipinski definition) is 2. The fourth-order valence-corrected chi connectivity index (χ4v) is 1.86. The molecule has 5 nitrogen and oxygen atoms in total. The molecule has 0 saturated heterocycles. The summed E-state index contributed by atoms with van der Waals surface area (Å²) in [4.78, 5) is 15.9. The van der Waals surface area contributed by atoms with Crippen molar-refractivity contribution < 1.29 is 9.53 Å². The Balaban J connectivity index is 1.93. The van der Waals surface area contributed by atoms with E-state index in [0.29, 0.717) is 22.0 Å². The summed E-state index contributed by atoms with van der Waals surface area (Å²) in [5.74, 6) is 0.115. The number of benzene rings is 1. The smallest absolute Gasteiger partial charge is 0.262 e. The number of hydrogen-bond acceptors (Lipinski definition) is 4. The number of aromatic nitrogens is 1. The minimum atomic E-state index is -0.310. The summed E-state index contributed by atoms with van der Waals surface area (Å²) in [6.45, 7) is -0.153. The zero-order chi connectivity index (χ0) is 15.2. The molecule has 0 spiro atoms. The summed E-state index contributed by atoms with van der Waals surface area (Å²) in [5.41, 5.74) is 6.82. The van der Waals surface area contributed by atoms with Crippen molar-refractivity contribution in [2.75, 3.05) is 11.9 Å². The van der Waals surface area contributed by atoms with Crippen LogP contribution in [0.2, 0.25) is 5.02 Å². The van der Waals surface area contributed by atoms with E-state index in [1.165, 1.54) is 12.4 Å². The monoisotopic (exact) mass is 321 g/mol. The van der Waals surface area contributed by atoms with Crippen LogP contribution in [0.3, 0.4) is 0 Å². The van der Waals surface area contributed by atoms with Crippen molar-refractivity contribution in [3.63, 3.8) is 0 Å². The predicted octanol–water partition coefficient (Wildman–Crippen LogP) is 2.39. The number of nitrogens with zero attached hydrogens (tertiary/aromatic N) is 1. The fraction of sp³-hybridized carbons (Fsp3) is 0.0714. The molecule has 0 unspecified atom stereocenters. The van der Waals surface area contributed by atoms with Crippen LogP contribution in [-0.2, 0) is 4.79 Å². The zero-order valence-electron chi connectivity index (χ0n) is 10.9. The first-order valence-corrected chi connectivity index (χ1v) is 6.76. The Hall–Kier alpha value is -2.18. The maximum Gasteiger partial charge on any atom is 0.262 e. The largest absolute Gasteiger partial charge is 0.482 e. The average Bonchev–Trinajstić information content (AvgIpc) is 2.45. The predicted molar refractivity (Wildman–Crippen MR) is 85.7 cm³/mol. The SMILES string of the molecule is NC(=S)c1cccc(NC(=O)COc2cncc(Cl)c2)c1. The lowest BCUT2D eigenvalue weighted by Crippen LogP contribution is -2.20. The molecule has 1 heterocycles. The van der Waals surface area contributed by atoms with Crippen molar-refractivity contribution in [2.24, 2.45) is 5.73 Å². The summed E-state index contributed by atoms with van der Waals surface area (Å²) >= 11 is 10.7. The number of nitrogens with one attached hydrogen (secondary N) is 1. The standard InChI is InChI=1S/C14H12ClN3O2S/c15-10-5-12(7-17-6-10)20-8-13(19)18-11-3-1-2-9(4-11)14(16)21/h1-7H,8H2,(H2,16,21)(H,18,19). The number of thiocarbonyl (C=S) groups is 1. The van der Waals surface area contributed by atoms with Crippen LogP contribution in [0.25, 0.3) is 0 Å². The second-order valence-corrected chi connectivity index (χ2v) is 5.00. The number of amides is 1. The van der Waals surface area contributed by atoms with Gasteiger partial charge in [0.15, 0.2) is 6.61 Å². The van der Waals surface area contributed by atoms with Crippen LogP contribution in [0.4, 0.5) is 5.69 Å². The molecule has 0 aliphatic carbocycles. The molecule has 2 rings (SSSR count). The lowest BCUT2D eigenvalue weighted by atomic mass is 10.2. The topological polar surface area (TPSA) is 77.2 Å². The number of halogens is 1. The molecule has 0 fully saturated rings. The van der Waals surface area contributed by atoms with Crippen molar-refractivity contribution >= 4 is 40.4 Å². The molecule has 1 amide bonds. The molecule has 0 bridgehead atoms. The van der Waals surface area contributed by atoms with Crippen molar-refractivity contribution in [1.29, 1.82) is 0 Å². The van der Waals surface area contributed by atoms with Gasteiger partial charge in [0, 0.05) is 23.5 Å². The Bertz CT molecular complexity index is 679. The van der Waals surface area contributed by atoms with Crippen molar-refractivity contribution in [3.8, 4) is 5.75 Å². The van der Waals surface area contributed by atoms with Crippen molar-refractivity contribution in [1.82, 2.24) is 4.98 Å². The third kappa shape index (κ3) is 4.70. The second-order valence-electron chi connectivity index (χ2n) is 4.12. The summed E-state index contributed by atoms with van der Waals surface area (Å²) in [5, 5.41) is 3.13. The minimum Gasteiger partial charge on any atom is -0.482 e. The highest BCUT2D eigenvalue weighted by Crippen LogP contribution is 2.15. The van der Waals surface area contributed by atoms with Crippen LogP contribution < -0.4 is 15.8 Å². The first-order valence-electron chi connectivity index (χ1n) is 5.97. The van der Waals surface area contributed by atoms with E-state index in [1.54, 1.807) is 30.3 Å². The first-order chi connectivity index (χ1) is 10.0. The van der Waals surface area contributed by atoms with Crippen LogP contribution in [-0.4, -0.2) is 22.5 Å². The van der Waals surface area contributed by atoms with E-state index in [9.17, 15) is 4.79 Å². The highest BCUT2D eigenvalue weighted by molar-refractivity contribution is 7.80. The Morgan fingerprint density at radius 3 is 2.90 bits per heavy atom. The number of anilines is 1. The lowest BCUT2D eigenvalue weighted by molar-refractivity contribution is -0.118. The molecule has 0 atom stereocenters. The summed E-state index contributed by atoms with van der Waals surface area (Å²) < 4.78 is 5.29. The van der Waals surface area contributed by atoms with Gasteiger partial charge < -0.3 is 15.8 Å². The van der Waals surface area contributed by atoms with Gasteiger partial charge in [0.25, 0.3) is 5.91 Å². The van der Waals surface area contributed by atoms with E-state index in [1.807, 2.05) is 0 Å². The van der Waals surface area contributed by atoms with E-state index in [-0.39, 0.29) is 17.5 Å². The molecule has 7 heteroatoms. The number of nitrogens with two attached hydrogens (primary N) is 1. The maximum atomic E-state index is 11.8. The van der Waals surface area contributed by atoms with Gasteiger partial charge in [-0.25, -0.2) is 0 Å². The van der Waals surface area contributed by atoms with Crippen LogP contribution in [0.15, 0.2) is 42.7 Å².